The van der Waals surface area contributed by atoms with E-state index in [0.29, 0.717) is 23.6 Å². The minimum Gasteiger partial charge on any atom is -0.394 e. The predicted molar refractivity (Wildman–Crippen MR) is 87.0 cm³/mol. The zero-order valence-electron chi connectivity index (χ0n) is 12.7. The molecule has 2 heterocycles. The molecule has 6 heteroatoms. The number of hydrogen-bond donors (Lipinski definition) is 1. The maximum atomic E-state index is 13.9. The van der Waals surface area contributed by atoms with Crippen molar-refractivity contribution in [1.29, 1.82) is 0 Å². The fourth-order valence-corrected chi connectivity index (χ4v) is 3.60. The number of thiophene rings is 1. The summed E-state index contributed by atoms with van der Waals surface area (Å²) < 4.78 is 19.3. The number of carbonyl (C=O) groups is 1. The summed E-state index contributed by atoms with van der Waals surface area (Å²) in [6.45, 7) is 2.57. The van der Waals surface area contributed by atoms with Crippen LogP contribution in [0.15, 0.2) is 36.4 Å². The van der Waals surface area contributed by atoms with Crippen LogP contribution >= 0.6 is 11.3 Å². The van der Waals surface area contributed by atoms with E-state index in [4.69, 9.17) is 4.74 Å². The maximum Gasteiger partial charge on any atom is 0.264 e. The third kappa shape index (κ3) is 3.29. The van der Waals surface area contributed by atoms with E-state index in [-0.39, 0.29) is 30.5 Å². The van der Waals surface area contributed by atoms with E-state index in [9.17, 15) is 14.3 Å². The molecule has 3 rings (SSSR count). The molecular formula is C17H18FNO3S. The van der Waals surface area contributed by atoms with Gasteiger partial charge in [0.15, 0.2) is 0 Å². The van der Waals surface area contributed by atoms with Crippen LogP contribution in [0.5, 0.6) is 0 Å². The first-order valence-electron chi connectivity index (χ1n) is 7.48. The van der Waals surface area contributed by atoms with Gasteiger partial charge < -0.3 is 14.7 Å². The Kier molecular flexibility index (Phi) is 4.75. The molecule has 0 aliphatic carbocycles. The largest absolute Gasteiger partial charge is 0.394 e. The molecule has 0 saturated carbocycles. The highest BCUT2D eigenvalue weighted by molar-refractivity contribution is 7.17. The van der Waals surface area contributed by atoms with Crippen LogP contribution in [0.25, 0.3) is 10.4 Å². The predicted octanol–water partition coefficient (Wildman–Crippen LogP) is 2.78. The Morgan fingerprint density at radius 3 is 2.91 bits per heavy atom. The summed E-state index contributed by atoms with van der Waals surface area (Å²) in [6.07, 6.45) is -0.346. The molecule has 1 aromatic carbocycles. The molecule has 1 fully saturated rings. The maximum absolute atomic E-state index is 13.9. The van der Waals surface area contributed by atoms with Gasteiger partial charge in [-0.1, -0.05) is 18.2 Å². The summed E-state index contributed by atoms with van der Waals surface area (Å²) in [5.41, 5.74) is 0.500. The van der Waals surface area contributed by atoms with Crippen LogP contribution in [0, 0.1) is 5.82 Å². The van der Waals surface area contributed by atoms with Crippen molar-refractivity contribution in [2.45, 2.75) is 19.1 Å². The molecule has 122 valence electrons. The van der Waals surface area contributed by atoms with E-state index >= 15 is 0 Å². The Morgan fingerprint density at radius 1 is 1.39 bits per heavy atom. The van der Waals surface area contributed by atoms with Gasteiger partial charge in [-0.15, -0.1) is 11.3 Å². The quantitative estimate of drug-likeness (QED) is 0.938. The van der Waals surface area contributed by atoms with E-state index < -0.39 is 0 Å². The summed E-state index contributed by atoms with van der Waals surface area (Å²) in [5.74, 6) is -0.403. The van der Waals surface area contributed by atoms with Gasteiger partial charge in [-0.2, -0.15) is 0 Å². The van der Waals surface area contributed by atoms with E-state index in [2.05, 4.69) is 0 Å². The number of halogens is 1. The highest BCUT2D eigenvalue weighted by atomic mass is 32.1. The average molecular weight is 335 g/mol. The molecule has 1 aromatic heterocycles. The van der Waals surface area contributed by atoms with Crippen LogP contribution in [-0.4, -0.2) is 47.8 Å². The zero-order chi connectivity index (χ0) is 16.4. The van der Waals surface area contributed by atoms with Crippen LogP contribution in [0.4, 0.5) is 4.39 Å². The third-order valence-corrected chi connectivity index (χ3v) is 5.03. The number of morpholine rings is 1. The second-order valence-electron chi connectivity index (χ2n) is 5.59. The second kappa shape index (κ2) is 6.78. The molecule has 0 spiro atoms. The topological polar surface area (TPSA) is 49.8 Å². The lowest BCUT2D eigenvalue weighted by Crippen LogP contribution is -2.51. The van der Waals surface area contributed by atoms with E-state index in [1.165, 1.54) is 17.4 Å². The molecule has 4 nitrogen and oxygen atoms in total. The minimum absolute atomic E-state index is 0.0516. The lowest BCUT2D eigenvalue weighted by molar-refractivity contribution is -0.0666. The summed E-state index contributed by atoms with van der Waals surface area (Å²) in [5, 5.41) is 9.23. The van der Waals surface area contributed by atoms with Gasteiger partial charge >= 0.3 is 0 Å². The zero-order valence-corrected chi connectivity index (χ0v) is 13.6. The van der Waals surface area contributed by atoms with Crippen LogP contribution in [0.3, 0.4) is 0 Å². The van der Waals surface area contributed by atoms with Crippen molar-refractivity contribution >= 4 is 17.2 Å². The van der Waals surface area contributed by atoms with Gasteiger partial charge in [0.1, 0.15) is 5.82 Å². The molecule has 0 bridgehead atoms. The van der Waals surface area contributed by atoms with Crippen LogP contribution in [-0.2, 0) is 4.74 Å². The number of carbonyl (C=O) groups excluding carboxylic acids is 1. The van der Waals surface area contributed by atoms with Crippen LogP contribution < -0.4 is 0 Å². The normalized spacial score (nSPS) is 21.4. The van der Waals surface area contributed by atoms with Gasteiger partial charge in [-0.25, -0.2) is 4.39 Å². The van der Waals surface area contributed by atoms with Gasteiger partial charge in [0.25, 0.3) is 5.91 Å². The summed E-state index contributed by atoms with van der Waals surface area (Å²) in [6, 6.07) is 9.97. The van der Waals surface area contributed by atoms with Gasteiger partial charge in [-0.3, -0.25) is 4.79 Å². The van der Waals surface area contributed by atoms with Gasteiger partial charge in [0, 0.05) is 17.0 Å². The molecule has 23 heavy (non-hydrogen) atoms. The second-order valence-corrected chi connectivity index (χ2v) is 6.67. The van der Waals surface area contributed by atoms with Crippen molar-refractivity contribution in [3.63, 3.8) is 0 Å². The summed E-state index contributed by atoms with van der Waals surface area (Å²) >= 11 is 1.28. The number of rotatable bonds is 3. The first-order chi connectivity index (χ1) is 11.1. The standard InChI is InChI=1S/C17H18FNO3S/c1-11-10-22-12(9-20)8-19(11)17(21)16-7-6-15(23-16)13-4-2-3-5-14(13)18/h2-7,11-12,20H,8-10H2,1H3. The fourth-order valence-electron chi connectivity index (χ4n) is 2.61. The molecular weight excluding hydrogens is 317 g/mol. The Hall–Kier alpha value is -1.76. The first kappa shape index (κ1) is 16.1. The molecule has 2 atom stereocenters. The van der Waals surface area contributed by atoms with Crippen molar-refractivity contribution in [3.05, 3.63) is 47.1 Å². The third-order valence-electron chi connectivity index (χ3n) is 3.93. The van der Waals surface area contributed by atoms with Gasteiger partial charge in [0.2, 0.25) is 0 Å². The minimum atomic E-state index is -0.346. The summed E-state index contributed by atoms with van der Waals surface area (Å²) in [7, 11) is 0. The molecule has 0 radical (unpaired) electrons. The molecule has 1 N–H and O–H groups in total. The van der Waals surface area contributed by atoms with E-state index in [1.807, 2.05) is 6.92 Å². The Labute approximate surface area is 138 Å². The number of hydrogen-bond acceptors (Lipinski definition) is 4. The number of aliphatic hydroxyl groups excluding tert-OH is 1. The molecule has 1 aliphatic heterocycles. The molecule has 2 unspecified atom stereocenters. The number of ether oxygens (including phenoxy) is 1. The summed E-state index contributed by atoms with van der Waals surface area (Å²) in [4.78, 5) is 15.7. The first-order valence-corrected chi connectivity index (χ1v) is 8.30. The smallest absolute Gasteiger partial charge is 0.264 e. The van der Waals surface area contributed by atoms with Crippen molar-refractivity contribution in [3.8, 4) is 10.4 Å². The van der Waals surface area contributed by atoms with Crippen molar-refractivity contribution in [2.75, 3.05) is 19.8 Å². The van der Waals surface area contributed by atoms with Crippen molar-refractivity contribution in [1.82, 2.24) is 4.90 Å². The molecule has 1 saturated heterocycles. The fraction of sp³-hybridized carbons (Fsp3) is 0.353. The lowest BCUT2D eigenvalue weighted by atomic mass is 10.1. The van der Waals surface area contributed by atoms with Crippen molar-refractivity contribution < 1.29 is 19.0 Å². The van der Waals surface area contributed by atoms with Gasteiger partial charge in [-0.05, 0) is 25.1 Å². The monoisotopic (exact) mass is 335 g/mol. The lowest BCUT2D eigenvalue weighted by Gasteiger charge is -2.37. The molecule has 1 aliphatic rings. The average Bonchev–Trinajstić information content (AvgIpc) is 3.05. The highest BCUT2D eigenvalue weighted by Crippen LogP contribution is 2.31. The van der Waals surface area contributed by atoms with E-state index in [0.717, 1.165) is 4.88 Å². The Morgan fingerprint density at radius 2 is 2.17 bits per heavy atom. The Bertz CT molecular complexity index is 703. The number of nitrogens with zero attached hydrogens (tertiary/aromatic N) is 1. The number of benzene rings is 1. The van der Waals surface area contributed by atoms with Crippen LogP contribution in [0.2, 0.25) is 0 Å². The number of aliphatic hydroxyl groups is 1. The van der Waals surface area contributed by atoms with E-state index in [1.54, 1.807) is 35.2 Å². The molecule has 1 amide bonds. The van der Waals surface area contributed by atoms with Crippen LogP contribution in [0.1, 0.15) is 16.6 Å². The Balaban J connectivity index is 1.82. The SMILES string of the molecule is CC1COC(CO)CN1C(=O)c1ccc(-c2ccccc2F)s1. The number of amides is 1. The van der Waals surface area contributed by atoms with Gasteiger partial charge in [0.05, 0.1) is 30.2 Å². The highest BCUT2D eigenvalue weighted by Gasteiger charge is 2.30. The molecule has 2 aromatic rings. The van der Waals surface area contributed by atoms with Crippen molar-refractivity contribution in [2.24, 2.45) is 0 Å².